The molecule has 4 N–H and O–H groups in total. The van der Waals surface area contributed by atoms with Crippen molar-refractivity contribution in [3.8, 4) is 11.5 Å². The van der Waals surface area contributed by atoms with Crippen molar-refractivity contribution in [3.63, 3.8) is 0 Å². The summed E-state index contributed by atoms with van der Waals surface area (Å²) in [4.78, 5) is 0. The Morgan fingerprint density at radius 1 is 0.838 bits per heavy atom. The van der Waals surface area contributed by atoms with Crippen LogP contribution in [0, 0.1) is 13.8 Å². The molecule has 0 aliphatic carbocycles. The van der Waals surface area contributed by atoms with Crippen LogP contribution in [0.15, 0.2) is 60.7 Å². The highest BCUT2D eigenvalue weighted by molar-refractivity contribution is 6.31. The number of rotatable bonds is 9. The first kappa shape index (κ1) is 27.4. The second-order valence-electron chi connectivity index (χ2n) is 9.39. The SMILES string of the molecule is Cc1ccc(OCCOc2ccc(Cc3cc([C@@H]4O[C@H](CO)[C@@H](O)[C@H](O)[C@H]4O)ccc3Cl)cc2)c(C)c1. The van der Waals surface area contributed by atoms with E-state index in [2.05, 4.69) is 6.07 Å². The van der Waals surface area contributed by atoms with E-state index in [-0.39, 0.29) is 0 Å². The summed E-state index contributed by atoms with van der Waals surface area (Å²) in [6, 6.07) is 19.0. The molecule has 1 fully saturated rings. The Morgan fingerprint density at radius 3 is 2.27 bits per heavy atom. The van der Waals surface area contributed by atoms with Crippen molar-refractivity contribution in [3.05, 3.63) is 93.5 Å². The van der Waals surface area contributed by atoms with Crippen LogP contribution in [0.1, 0.15) is 33.9 Å². The fourth-order valence-electron chi connectivity index (χ4n) is 4.48. The van der Waals surface area contributed by atoms with Gasteiger partial charge in [0.2, 0.25) is 0 Å². The Labute approximate surface area is 221 Å². The average molecular weight is 529 g/mol. The third kappa shape index (κ3) is 6.62. The number of hydrogen-bond donors (Lipinski definition) is 4. The lowest BCUT2D eigenvalue weighted by Crippen LogP contribution is -2.55. The normalized spacial score (nSPS) is 23.6. The Morgan fingerprint density at radius 2 is 1.57 bits per heavy atom. The van der Waals surface area contributed by atoms with E-state index in [1.807, 2.05) is 56.3 Å². The van der Waals surface area contributed by atoms with Gasteiger partial charge in [0.25, 0.3) is 0 Å². The zero-order valence-electron chi connectivity index (χ0n) is 20.9. The quantitative estimate of drug-likeness (QED) is 0.315. The van der Waals surface area contributed by atoms with E-state index >= 15 is 0 Å². The minimum atomic E-state index is -1.44. The van der Waals surface area contributed by atoms with E-state index in [4.69, 9.17) is 25.8 Å². The van der Waals surface area contributed by atoms with Crippen molar-refractivity contribution in [2.24, 2.45) is 0 Å². The van der Waals surface area contributed by atoms with Gasteiger partial charge in [0, 0.05) is 5.02 Å². The van der Waals surface area contributed by atoms with Crippen LogP contribution in [0.2, 0.25) is 5.02 Å². The fourth-order valence-corrected chi connectivity index (χ4v) is 4.66. The highest BCUT2D eigenvalue weighted by Crippen LogP contribution is 2.34. The molecule has 0 bridgehead atoms. The molecular formula is C29H33ClO7. The summed E-state index contributed by atoms with van der Waals surface area (Å²) in [6.07, 6.45) is -5.53. The van der Waals surface area contributed by atoms with Gasteiger partial charge in [-0.25, -0.2) is 0 Å². The third-order valence-electron chi connectivity index (χ3n) is 6.55. The summed E-state index contributed by atoms with van der Waals surface area (Å²) in [5, 5.41) is 40.7. The molecule has 4 rings (SSSR count). The minimum absolute atomic E-state index is 0.416. The third-order valence-corrected chi connectivity index (χ3v) is 6.92. The van der Waals surface area contributed by atoms with E-state index in [0.29, 0.717) is 30.2 Å². The molecule has 0 radical (unpaired) electrons. The molecule has 198 valence electrons. The molecule has 8 heteroatoms. The molecule has 0 unspecified atom stereocenters. The highest BCUT2D eigenvalue weighted by Gasteiger charge is 2.44. The summed E-state index contributed by atoms with van der Waals surface area (Å²) in [5.74, 6) is 1.58. The molecule has 7 nitrogen and oxygen atoms in total. The van der Waals surface area contributed by atoms with Crippen LogP contribution in [0.3, 0.4) is 0 Å². The molecule has 1 aliphatic heterocycles. The summed E-state index contributed by atoms with van der Waals surface area (Å²) in [6.45, 7) is 4.45. The van der Waals surface area contributed by atoms with Crippen molar-refractivity contribution in [2.75, 3.05) is 19.8 Å². The molecular weight excluding hydrogens is 496 g/mol. The van der Waals surface area contributed by atoms with Crippen LogP contribution < -0.4 is 9.47 Å². The van der Waals surface area contributed by atoms with Crippen molar-refractivity contribution in [2.45, 2.75) is 50.8 Å². The van der Waals surface area contributed by atoms with Gasteiger partial charge in [-0.05, 0) is 66.8 Å². The van der Waals surface area contributed by atoms with Gasteiger partial charge in [0.05, 0.1) is 6.61 Å². The molecule has 1 saturated heterocycles. The maximum atomic E-state index is 10.5. The van der Waals surface area contributed by atoms with Crippen LogP contribution >= 0.6 is 11.6 Å². The van der Waals surface area contributed by atoms with Gasteiger partial charge in [-0.3, -0.25) is 0 Å². The van der Waals surface area contributed by atoms with Crippen LogP contribution in [0.25, 0.3) is 0 Å². The van der Waals surface area contributed by atoms with E-state index in [0.717, 1.165) is 28.2 Å². The predicted octanol–water partition coefficient (Wildman–Crippen LogP) is 3.52. The molecule has 1 aliphatic rings. The minimum Gasteiger partial charge on any atom is -0.490 e. The number of hydrogen-bond acceptors (Lipinski definition) is 7. The van der Waals surface area contributed by atoms with E-state index in [1.54, 1.807) is 12.1 Å². The second-order valence-corrected chi connectivity index (χ2v) is 9.79. The van der Waals surface area contributed by atoms with E-state index < -0.39 is 37.1 Å². The van der Waals surface area contributed by atoms with Gasteiger partial charge in [-0.1, -0.05) is 53.6 Å². The topological polar surface area (TPSA) is 109 Å². The average Bonchev–Trinajstić information content (AvgIpc) is 2.89. The lowest BCUT2D eigenvalue weighted by atomic mass is 9.90. The molecule has 5 atom stereocenters. The summed E-state index contributed by atoms with van der Waals surface area (Å²) < 4.78 is 17.3. The molecule has 0 spiro atoms. The summed E-state index contributed by atoms with van der Waals surface area (Å²) >= 11 is 6.44. The lowest BCUT2D eigenvalue weighted by molar-refractivity contribution is -0.231. The largest absolute Gasteiger partial charge is 0.490 e. The highest BCUT2D eigenvalue weighted by atomic mass is 35.5. The van der Waals surface area contributed by atoms with Crippen LogP contribution in [-0.4, -0.2) is 64.7 Å². The van der Waals surface area contributed by atoms with Crippen LogP contribution in [-0.2, 0) is 11.2 Å². The molecule has 0 amide bonds. The standard InChI is InChI=1S/C29H33ClO7/c1-17-3-10-24(18(2)13-17)36-12-11-35-22-7-4-19(5-8-22)14-21-15-20(6-9-23(21)30)29-28(34)27(33)26(32)25(16-31)37-29/h3-10,13,15,25-29,31-34H,11-12,14,16H2,1-2H3/t25-,26-,27+,28-,29+/m1/s1. The maximum absolute atomic E-state index is 10.5. The number of aryl methyl sites for hydroxylation is 2. The number of halogens is 1. The zero-order valence-corrected chi connectivity index (χ0v) is 21.6. The summed E-state index contributed by atoms with van der Waals surface area (Å²) in [7, 11) is 0. The zero-order chi connectivity index (χ0) is 26.5. The first-order valence-electron chi connectivity index (χ1n) is 12.3. The molecule has 0 aromatic heterocycles. The smallest absolute Gasteiger partial charge is 0.122 e. The number of ether oxygens (including phenoxy) is 3. The first-order chi connectivity index (χ1) is 17.8. The monoisotopic (exact) mass is 528 g/mol. The van der Waals surface area contributed by atoms with Gasteiger partial charge in [0.1, 0.15) is 55.2 Å². The Bertz CT molecular complexity index is 1180. The van der Waals surface area contributed by atoms with Crippen molar-refractivity contribution in [1.29, 1.82) is 0 Å². The Hall–Kier alpha value is -2.65. The number of benzene rings is 3. The van der Waals surface area contributed by atoms with Gasteiger partial charge in [-0.2, -0.15) is 0 Å². The van der Waals surface area contributed by atoms with Crippen LogP contribution in [0.4, 0.5) is 0 Å². The van der Waals surface area contributed by atoms with Crippen molar-refractivity contribution >= 4 is 11.6 Å². The van der Waals surface area contributed by atoms with Gasteiger partial charge in [0.15, 0.2) is 0 Å². The van der Waals surface area contributed by atoms with Crippen molar-refractivity contribution in [1.82, 2.24) is 0 Å². The lowest BCUT2D eigenvalue weighted by Gasteiger charge is -2.40. The number of aliphatic hydroxyl groups excluding tert-OH is 4. The second kappa shape index (κ2) is 12.3. The molecule has 3 aromatic rings. The van der Waals surface area contributed by atoms with E-state index in [9.17, 15) is 20.4 Å². The van der Waals surface area contributed by atoms with Gasteiger partial charge < -0.3 is 34.6 Å². The predicted molar refractivity (Wildman–Crippen MR) is 140 cm³/mol. The molecule has 37 heavy (non-hydrogen) atoms. The first-order valence-corrected chi connectivity index (χ1v) is 12.6. The van der Waals surface area contributed by atoms with Gasteiger partial charge >= 0.3 is 0 Å². The van der Waals surface area contributed by atoms with E-state index in [1.165, 1.54) is 5.56 Å². The Balaban J connectivity index is 1.35. The summed E-state index contributed by atoms with van der Waals surface area (Å²) in [5.41, 5.74) is 4.71. The maximum Gasteiger partial charge on any atom is 0.122 e. The Kier molecular flexibility index (Phi) is 9.08. The molecule has 1 heterocycles. The van der Waals surface area contributed by atoms with Crippen LogP contribution in [0.5, 0.6) is 11.5 Å². The molecule has 0 saturated carbocycles. The fraction of sp³-hybridized carbons (Fsp3) is 0.379. The van der Waals surface area contributed by atoms with Crippen molar-refractivity contribution < 1.29 is 34.6 Å². The molecule has 3 aromatic carbocycles. The number of aliphatic hydroxyl groups is 4. The van der Waals surface area contributed by atoms with Gasteiger partial charge in [-0.15, -0.1) is 0 Å².